The molecular formula is C11H18N4O2S2. The Morgan fingerprint density at radius 2 is 2.21 bits per heavy atom. The van der Waals surface area contributed by atoms with Crippen molar-refractivity contribution >= 4 is 32.1 Å². The minimum absolute atomic E-state index is 0.224. The molecule has 0 fully saturated rings. The molecule has 6 nitrogen and oxygen atoms in total. The summed E-state index contributed by atoms with van der Waals surface area (Å²) in [4.78, 5) is 4.98. The average molecular weight is 302 g/mol. The smallest absolute Gasteiger partial charge is 0.262 e. The number of anilines is 1. The van der Waals surface area contributed by atoms with Crippen LogP contribution in [-0.2, 0) is 10.0 Å². The number of imidazole rings is 1. The topological polar surface area (TPSA) is 66.7 Å². The monoisotopic (exact) mass is 302 g/mol. The molecule has 0 bridgehead atoms. The standard InChI is InChI=1S/C11H18N4O2S2/c1-4-6-14(5-2)19(16,17)10-9(12-3)13-11-15(10)7-8-18-11/h7-8,12H,4-6H2,1-3H3. The Hall–Kier alpha value is -1.12. The first-order valence-electron chi connectivity index (χ1n) is 6.19. The van der Waals surface area contributed by atoms with Crippen LogP contribution in [0.1, 0.15) is 20.3 Å². The van der Waals surface area contributed by atoms with Gasteiger partial charge in [0.15, 0.2) is 15.8 Å². The molecule has 8 heteroatoms. The van der Waals surface area contributed by atoms with E-state index < -0.39 is 10.0 Å². The number of fused-ring (bicyclic) bond motifs is 1. The summed E-state index contributed by atoms with van der Waals surface area (Å²) in [6.07, 6.45) is 2.52. The second-order valence-electron chi connectivity index (χ2n) is 4.07. The molecule has 0 aromatic carbocycles. The lowest BCUT2D eigenvalue weighted by molar-refractivity contribution is 0.425. The van der Waals surface area contributed by atoms with Crippen molar-refractivity contribution in [2.75, 3.05) is 25.5 Å². The van der Waals surface area contributed by atoms with Crippen LogP contribution in [0.5, 0.6) is 0 Å². The number of rotatable bonds is 6. The zero-order valence-corrected chi connectivity index (χ0v) is 12.9. The lowest BCUT2D eigenvalue weighted by atomic mass is 10.5. The van der Waals surface area contributed by atoms with Crippen LogP contribution in [0.25, 0.3) is 4.96 Å². The Kier molecular flexibility index (Phi) is 4.12. The molecule has 2 rings (SSSR count). The molecular weight excluding hydrogens is 284 g/mol. The number of aromatic nitrogens is 2. The molecule has 2 aromatic rings. The molecule has 0 unspecified atom stereocenters. The van der Waals surface area contributed by atoms with Gasteiger partial charge in [-0.05, 0) is 6.42 Å². The molecule has 2 heterocycles. The second-order valence-corrected chi connectivity index (χ2v) is 6.79. The molecule has 0 aliphatic rings. The van der Waals surface area contributed by atoms with Crippen LogP contribution >= 0.6 is 11.3 Å². The highest BCUT2D eigenvalue weighted by atomic mass is 32.2. The molecule has 2 aromatic heterocycles. The molecule has 0 atom stereocenters. The van der Waals surface area contributed by atoms with Gasteiger partial charge >= 0.3 is 0 Å². The molecule has 0 aliphatic carbocycles. The number of hydrogen-bond acceptors (Lipinski definition) is 5. The average Bonchev–Trinajstić information content (AvgIpc) is 2.94. The van der Waals surface area contributed by atoms with Gasteiger partial charge in [-0.1, -0.05) is 13.8 Å². The highest BCUT2D eigenvalue weighted by Gasteiger charge is 2.30. The summed E-state index contributed by atoms with van der Waals surface area (Å²) >= 11 is 1.42. The normalized spacial score (nSPS) is 12.4. The number of thiazole rings is 1. The summed E-state index contributed by atoms with van der Waals surface area (Å²) in [5.74, 6) is 0.404. The van der Waals surface area contributed by atoms with E-state index in [0.29, 0.717) is 23.9 Å². The Balaban J connectivity index is 2.61. The number of nitrogens with zero attached hydrogens (tertiary/aromatic N) is 3. The summed E-state index contributed by atoms with van der Waals surface area (Å²) in [7, 11) is -1.85. The second kappa shape index (κ2) is 5.48. The van der Waals surface area contributed by atoms with E-state index >= 15 is 0 Å². The molecule has 0 aliphatic heterocycles. The van der Waals surface area contributed by atoms with Gasteiger partial charge in [0.2, 0.25) is 0 Å². The zero-order valence-electron chi connectivity index (χ0n) is 11.3. The van der Waals surface area contributed by atoms with Crippen molar-refractivity contribution in [1.29, 1.82) is 0 Å². The zero-order chi connectivity index (χ0) is 14.0. The summed E-state index contributed by atoms with van der Waals surface area (Å²) in [6, 6.07) is 0. The third kappa shape index (κ3) is 2.35. The lowest BCUT2D eigenvalue weighted by Crippen LogP contribution is -2.32. The van der Waals surface area contributed by atoms with Gasteiger partial charge in [0.1, 0.15) is 0 Å². The van der Waals surface area contributed by atoms with Gasteiger partial charge in [-0.25, -0.2) is 13.4 Å². The van der Waals surface area contributed by atoms with Crippen molar-refractivity contribution in [3.05, 3.63) is 11.6 Å². The minimum Gasteiger partial charge on any atom is -0.371 e. The highest BCUT2D eigenvalue weighted by Crippen LogP contribution is 2.27. The van der Waals surface area contributed by atoms with Gasteiger partial charge in [0, 0.05) is 31.7 Å². The minimum atomic E-state index is -3.53. The SMILES string of the molecule is CCCN(CC)S(=O)(=O)c1c(NC)nc2sccn12. The van der Waals surface area contributed by atoms with Gasteiger partial charge in [0.25, 0.3) is 10.0 Å². The quantitative estimate of drug-likeness (QED) is 0.884. The number of hydrogen-bond donors (Lipinski definition) is 1. The third-order valence-electron chi connectivity index (χ3n) is 2.87. The van der Waals surface area contributed by atoms with Crippen molar-refractivity contribution in [2.45, 2.75) is 25.3 Å². The summed E-state index contributed by atoms with van der Waals surface area (Å²) < 4.78 is 28.6. The molecule has 0 amide bonds. The van der Waals surface area contributed by atoms with Gasteiger partial charge < -0.3 is 5.32 Å². The largest absolute Gasteiger partial charge is 0.371 e. The molecule has 0 radical (unpaired) electrons. The fourth-order valence-electron chi connectivity index (χ4n) is 1.99. The molecule has 19 heavy (non-hydrogen) atoms. The Morgan fingerprint density at radius 3 is 2.79 bits per heavy atom. The first-order valence-corrected chi connectivity index (χ1v) is 8.51. The number of sulfonamides is 1. The van der Waals surface area contributed by atoms with Crippen LogP contribution in [0.4, 0.5) is 5.82 Å². The summed E-state index contributed by atoms with van der Waals surface area (Å²) in [5, 5.41) is 4.92. The predicted octanol–water partition coefficient (Wildman–Crippen LogP) is 1.86. The fourth-order valence-corrected chi connectivity index (χ4v) is 4.56. The van der Waals surface area contributed by atoms with E-state index in [0.717, 1.165) is 6.42 Å². The molecule has 0 saturated heterocycles. The molecule has 106 valence electrons. The van der Waals surface area contributed by atoms with E-state index in [1.54, 1.807) is 17.6 Å². The number of nitrogens with one attached hydrogen (secondary N) is 1. The molecule has 0 saturated carbocycles. The van der Waals surface area contributed by atoms with Crippen molar-refractivity contribution in [2.24, 2.45) is 0 Å². The van der Waals surface area contributed by atoms with E-state index in [1.807, 2.05) is 19.2 Å². The van der Waals surface area contributed by atoms with Crippen molar-refractivity contribution in [3.8, 4) is 0 Å². The highest BCUT2D eigenvalue weighted by molar-refractivity contribution is 7.89. The van der Waals surface area contributed by atoms with Crippen molar-refractivity contribution < 1.29 is 8.42 Å². The summed E-state index contributed by atoms with van der Waals surface area (Å²) in [6.45, 7) is 4.78. The lowest BCUT2D eigenvalue weighted by Gasteiger charge is -2.19. The van der Waals surface area contributed by atoms with E-state index in [-0.39, 0.29) is 5.03 Å². The van der Waals surface area contributed by atoms with Crippen LogP contribution < -0.4 is 5.32 Å². The Morgan fingerprint density at radius 1 is 1.47 bits per heavy atom. The maximum absolute atomic E-state index is 12.7. The van der Waals surface area contributed by atoms with Crippen molar-refractivity contribution in [3.63, 3.8) is 0 Å². The maximum Gasteiger partial charge on any atom is 0.262 e. The fraction of sp³-hybridized carbons (Fsp3) is 0.545. The van der Waals surface area contributed by atoms with E-state index in [1.165, 1.54) is 15.6 Å². The molecule has 0 spiro atoms. The maximum atomic E-state index is 12.7. The van der Waals surface area contributed by atoms with E-state index in [4.69, 9.17) is 0 Å². The van der Waals surface area contributed by atoms with Crippen LogP contribution in [-0.4, -0.2) is 42.2 Å². The van der Waals surface area contributed by atoms with E-state index in [2.05, 4.69) is 10.3 Å². The van der Waals surface area contributed by atoms with Gasteiger partial charge in [-0.2, -0.15) is 4.31 Å². The Labute approximate surface area is 117 Å². The third-order valence-corrected chi connectivity index (χ3v) is 5.62. The first kappa shape index (κ1) is 14.3. The summed E-state index contributed by atoms with van der Waals surface area (Å²) in [5.41, 5.74) is 0. The van der Waals surface area contributed by atoms with Crippen LogP contribution in [0.15, 0.2) is 16.6 Å². The van der Waals surface area contributed by atoms with Crippen LogP contribution in [0.2, 0.25) is 0 Å². The van der Waals surface area contributed by atoms with Crippen LogP contribution in [0, 0.1) is 0 Å². The Bertz CT molecular complexity index is 659. The molecule has 1 N–H and O–H groups in total. The van der Waals surface area contributed by atoms with Gasteiger partial charge in [-0.15, -0.1) is 11.3 Å². The first-order chi connectivity index (χ1) is 9.06. The van der Waals surface area contributed by atoms with Crippen LogP contribution in [0.3, 0.4) is 0 Å². The predicted molar refractivity (Wildman–Crippen MR) is 77.3 cm³/mol. The van der Waals surface area contributed by atoms with E-state index in [9.17, 15) is 8.42 Å². The van der Waals surface area contributed by atoms with Gasteiger partial charge in [-0.3, -0.25) is 4.40 Å². The van der Waals surface area contributed by atoms with Crippen molar-refractivity contribution in [1.82, 2.24) is 13.7 Å². The van der Waals surface area contributed by atoms with Gasteiger partial charge in [0.05, 0.1) is 0 Å².